The Bertz CT molecular complexity index is 588. The number of rotatable bonds is 5. The molecule has 2 unspecified atom stereocenters. The summed E-state index contributed by atoms with van der Waals surface area (Å²) in [6.45, 7) is 0.815. The zero-order valence-corrected chi connectivity index (χ0v) is 12.3. The minimum atomic E-state index is -0.0523. The Morgan fingerprint density at radius 3 is 2.90 bits per heavy atom. The summed E-state index contributed by atoms with van der Waals surface area (Å²) >= 11 is 5.45. The molecule has 1 saturated heterocycles. The van der Waals surface area contributed by atoms with E-state index in [1.807, 2.05) is 30.3 Å². The molecule has 1 aliphatic rings. The number of aromatic nitrogens is 1. The van der Waals surface area contributed by atoms with Crippen molar-refractivity contribution in [1.82, 2.24) is 15.2 Å². The minimum Gasteiger partial charge on any atom is -0.467 e. The lowest BCUT2D eigenvalue weighted by molar-refractivity contribution is 0.232. The van der Waals surface area contributed by atoms with Gasteiger partial charge in [0.2, 0.25) is 0 Å². The third-order valence-electron chi connectivity index (χ3n) is 3.59. The van der Waals surface area contributed by atoms with E-state index in [0.717, 1.165) is 11.5 Å². The number of thiocarbonyl (C=S) groups is 1. The van der Waals surface area contributed by atoms with Crippen molar-refractivity contribution in [2.75, 3.05) is 13.2 Å². The second-order valence-electron chi connectivity index (χ2n) is 4.91. The lowest BCUT2D eigenvalue weighted by atomic mass is 10.0. The van der Waals surface area contributed by atoms with Crippen molar-refractivity contribution in [3.8, 4) is 0 Å². The predicted molar refractivity (Wildman–Crippen MR) is 82.6 cm³/mol. The maximum atomic E-state index is 9.09. The molecular weight excluding hydrogens is 286 g/mol. The van der Waals surface area contributed by atoms with Crippen molar-refractivity contribution < 1.29 is 9.52 Å². The first kappa shape index (κ1) is 14.0. The van der Waals surface area contributed by atoms with Gasteiger partial charge in [-0.15, -0.1) is 0 Å². The van der Waals surface area contributed by atoms with Gasteiger partial charge in [0.1, 0.15) is 11.8 Å². The van der Waals surface area contributed by atoms with Crippen LogP contribution < -0.4 is 5.32 Å². The molecule has 0 bridgehead atoms. The average Bonchev–Trinajstić information content (AvgIpc) is 3.13. The summed E-state index contributed by atoms with van der Waals surface area (Å²) in [5.74, 6) is 0.843. The van der Waals surface area contributed by atoms with E-state index < -0.39 is 0 Å². The third-order valence-corrected chi connectivity index (χ3v) is 3.94. The fraction of sp³-hybridized carbons (Fsp3) is 0.333. The van der Waals surface area contributed by atoms with Gasteiger partial charge < -0.3 is 19.7 Å². The number of furan rings is 1. The molecule has 110 valence electrons. The lowest BCUT2D eigenvalue weighted by Gasteiger charge is -2.25. The first-order chi connectivity index (χ1) is 10.3. The fourth-order valence-corrected chi connectivity index (χ4v) is 2.99. The minimum absolute atomic E-state index is 0.0473. The van der Waals surface area contributed by atoms with Crippen LogP contribution in [0, 0.1) is 0 Å². The molecule has 1 aliphatic heterocycles. The monoisotopic (exact) mass is 303 g/mol. The van der Waals surface area contributed by atoms with Gasteiger partial charge in [-0.2, -0.15) is 0 Å². The van der Waals surface area contributed by atoms with E-state index in [2.05, 4.69) is 15.2 Å². The summed E-state index contributed by atoms with van der Waals surface area (Å²) < 4.78 is 5.60. The number of aliphatic hydroxyl groups excluding tert-OH is 1. The van der Waals surface area contributed by atoms with Gasteiger partial charge in [0.05, 0.1) is 18.0 Å². The average molecular weight is 303 g/mol. The number of aliphatic hydroxyl groups is 1. The van der Waals surface area contributed by atoms with E-state index >= 15 is 0 Å². The van der Waals surface area contributed by atoms with E-state index in [9.17, 15) is 0 Å². The quantitative estimate of drug-likeness (QED) is 0.824. The maximum Gasteiger partial charge on any atom is 0.170 e. The van der Waals surface area contributed by atoms with Crippen LogP contribution in [0.3, 0.4) is 0 Å². The molecule has 3 rings (SSSR count). The van der Waals surface area contributed by atoms with Crippen LogP contribution in [0.15, 0.2) is 47.2 Å². The smallest absolute Gasteiger partial charge is 0.170 e. The van der Waals surface area contributed by atoms with Crippen LogP contribution in [0.25, 0.3) is 0 Å². The normalized spacial score (nSPS) is 21.6. The summed E-state index contributed by atoms with van der Waals surface area (Å²) in [5, 5.41) is 13.1. The predicted octanol–water partition coefficient (Wildman–Crippen LogP) is 2.03. The Labute approximate surface area is 128 Å². The molecule has 0 aromatic carbocycles. The summed E-state index contributed by atoms with van der Waals surface area (Å²) in [7, 11) is 0. The van der Waals surface area contributed by atoms with E-state index in [1.165, 1.54) is 0 Å². The largest absolute Gasteiger partial charge is 0.467 e. The number of nitrogens with one attached hydrogen (secondary N) is 1. The summed E-state index contributed by atoms with van der Waals surface area (Å²) in [4.78, 5) is 6.49. The molecule has 3 heterocycles. The topological polar surface area (TPSA) is 61.5 Å². The molecule has 2 N–H and O–H groups in total. The number of hydrogen-bond acceptors (Lipinski definition) is 4. The molecule has 5 nitrogen and oxygen atoms in total. The van der Waals surface area contributed by atoms with Crippen LogP contribution in [0.2, 0.25) is 0 Å². The molecule has 0 amide bonds. The van der Waals surface area contributed by atoms with Gasteiger partial charge in [-0.1, -0.05) is 6.07 Å². The number of nitrogens with zero attached hydrogens (tertiary/aromatic N) is 2. The molecular formula is C15H17N3O2S. The Balaban J connectivity index is 1.94. The highest BCUT2D eigenvalue weighted by atomic mass is 32.1. The number of hydrogen-bond donors (Lipinski definition) is 2. The summed E-state index contributed by atoms with van der Waals surface area (Å²) in [6.07, 6.45) is 4.10. The molecule has 0 radical (unpaired) electrons. The first-order valence-electron chi connectivity index (χ1n) is 6.93. The Morgan fingerprint density at radius 2 is 2.24 bits per heavy atom. The Morgan fingerprint density at radius 1 is 1.33 bits per heavy atom. The van der Waals surface area contributed by atoms with E-state index in [4.69, 9.17) is 21.7 Å². The highest BCUT2D eigenvalue weighted by Gasteiger charge is 2.40. The van der Waals surface area contributed by atoms with E-state index in [0.29, 0.717) is 18.1 Å². The van der Waals surface area contributed by atoms with Crippen molar-refractivity contribution in [3.63, 3.8) is 0 Å². The molecule has 1 fully saturated rings. The molecule has 0 aliphatic carbocycles. The van der Waals surface area contributed by atoms with E-state index in [-0.39, 0.29) is 18.7 Å². The fourth-order valence-electron chi connectivity index (χ4n) is 2.66. The standard InChI is InChI=1S/C15H17N3O2S/c19-9-4-8-18-14(12-6-3-10-20-12)13(17-15(18)21)11-5-1-2-7-16-11/h1-3,5-7,10,13-14,19H,4,8-9H2,(H,17,21). The van der Waals surface area contributed by atoms with Crippen molar-refractivity contribution in [2.24, 2.45) is 0 Å². The molecule has 21 heavy (non-hydrogen) atoms. The molecule has 2 aromatic heterocycles. The molecule has 6 heteroatoms. The second-order valence-corrected chi connectivity index (χ2v) is 5.30. The van der Waals surface area contributed by atoms with Crippen LogP contribution in [0.4, 0.5) is 0 Å². The highest BCUT2D eigenvalue weighted by molar-refractivity contribution is 7.80. The Kier molecular flexibility index (Phi) is 4.17. The van der Waals surface area contributed by atoms with Crippen LogP contribution in [-0.4, -0.2) is 33.3 Å². The number of pyridine rings is 1. The lowest BCUT2D eigenvalue weighted by Crippen LogP contribution is -2.30. The molecule has 0 saturated carbocycles. The summed E-state index contributed by atoms with van der Waals surface area (Å²) in [6, 6.07) is 9.55. The van der Waals surface area contributed by atoms with Gasteiger partial charge >= 0.3 is 0 Å². The van der Waals surface area contributed by atoms with Gasteiger partial charge in [0.25, 0.3) is 0 Å². The van der Waals surface area contributed by atoms with Crippen molar-refractivity contribution in [3.05, 3.63) is 54.2 Å². The van der Waals surface area contributed by atoms with E-state index in [1.54, 1.807) is 12.5 Å². The Hall–Kier alpha value is -1.92. The summed E-state index contributed by atoms with van der Waals surface area (Å²) in [5.41, 5.74) is 0.924. The second kappa shape index (κ2) is 6.24. The van der Waals surface area contributed by atoms with Crippen molar-refractivity contribution in [1.29, 1.82) is 0 Å². The van der Waals surface area contributed by atoms with Crippen LogP contribution >= 0.6 is 12.2 Å². The zero-order chi connectivity index (χ0) is 14.7. The van der Waals surface area contributed by atoms with Gasteiger partial charge in [-0.05, 0) is 42.9 Å². The van der Waals surface area contributed by atoms with Gasteiger partial charge in [0, 0.05) is 19.3 Å². The molecule has 2 atom stereocenters. The molecule has 0 spiro atoms. The third kappa shape index (κ3) is 2.77. The van der Waals surface area contributed by atoms with Gasteiger partial charge in [0.15, 0.2) is 5.11 Å². The van der Waals surface area contributed by atoms with Crippen LogP contribution in [0.1, 0.15) is 30.0 Å². The SMILES string of the molecule is OCCCN1C(=S)NC(c2ccccn2)C1c1ccco1. The first-order valence-corrected chi connectivity index (χ1v) is 7.34. The molecule has 2 aromatic rings. The maximum absolute atomic E-state index is 9.09. The highest BCUT2D eigenvalue weighted by Crippen LogP contribution is 2.38. The zero-order valence-electron chi connectivity index (χ0n) is 11.5. The van der Waals surface area contributed by atoms with Crippen molar-refractivity contribution >= 4 is 17.3 Å². The van der Waals surface area contributed by atoms with Gasteiger partial charge in [-0.3, -0.25) is 4.98 Å². The van der Waals surface area contributed by atoms with Gasteiger partial charge in [-0.25, -0.2) is 0 Å². The van der Waals surface area contributed by atoms with Crippen molar-refractivity contribution in [2.45, 2.75) is 18.5 Å². The van der Waals surface area contributed by atoms with Crippen LogP contribution in [0.5, 0.6) is 0 Å². The van der Waals surface area contributed by atoms with Crippen LogP contribution in [-0.2, 0) is 0 Å².